The first-order chi connectivity index (χ1) is 17.1. The minimum absolute atomic E-state index is 0.391. The van der Waals surface area contributed by atoms with Gasteiger partial charge < -0.3 is 18.9 Å². The first-order valence-electron chi connectivity index (χ1n) is 9.76. The summed E-state index contributed by atoms with van der Waals surface area (Å²) < 4.78 is 22.6. The Morgan fingerprint density at radius 1 is 0.250 bits per heavy atom. The second kappa shape index (κ2) is 10.3. The highest BCUT2D eigenvalue weighted by molar-refractivity contribution is 6.43. The van der Waals surface area contributed by atoms with E-state index >= 15 is 0 Å². The third-order valence-electron chi connectivity index (χ3n) is 4.83. The van der Waals surface area contributed by atoms with Gasteiger partial charge in [0.2, 0.25) is 0 Å². The molecule has 4 aromatic rings. The second-order valence-electron chi connectivity index (χ2n) is 7.26. The molecule has 0 aliphatic carbocycles. The van der Waals surface area contributed by atoms with Crippen LogP contribution in [0.5, 0.6) is 46.0 Å². The van der Waals surface area contributed by atoms with Gasteiger partial charge in [-0.25, -0.2) is 0 Å². The van der Waals surface area contributed by atoms with Crippen molar-refractivity contribution in [1.82, 2.24) is 0 Å². The molecule has 36 heavy (non-hydrogen) atoms. The van der Waals surface area contributed by atoms with Gasteiger partial charge in [-0.15, -0.1) is 0 Å². The molecule has 0 fully saturated rings. The molecule has 0 saturated heterocycles. The maximum Gasteiger partial charge on any atom is 0.171 e. The Bertz CT molecular complexity index is 1200. The summed E-state index contributed by atoms with van der Waals surface area (Å²) in [5.74, 6) is 3.85. The monoisotopic (exact) mass is 640 g/mol. The molecule has 4 aromatic carbocycles. The van der Waals surface area contributed by atoms with Gasteiger partial charge in [0.25, 0.3) is 0 Å². The number of fused-ring (bicyclic) bond motifs is 4. The molecule has 0 spiro atoms. The highest BCUT2D eigenvalue weighted by Gasteiger charge is 2.23. The van der Waals surface area contributed by atoms with Gasteiger partial charge >= 0.3 is 0 Å². The molecule has 12 heteroatoms. The van der Waals surface area contributed by atoms with Crippen LogP contribution in [-0.2, 0) is 0 Å². The van der Waals surface area contributed by atoms with Crippen LogP contribution in [0.2, 0.25) is 40.2 Å². The fourth-order valence-corrected chi connectivity index (χ4v) is 4.38. The molecule has 0 N–H and O–H groups in total. The molecule has 184 valence electrons. The Hall–Kier alpha value is -1.60. The molecular weight excluding hydrogens is 636 g/mol. The van der Waals surface area contributed by atoms with E-state index < -0.39 is 0 Å². The smallest absolute Gasteiger partial charge is 0.171 e. The van der Waals surface area contributed by atoms with Crippen LogP contribution in [0.15, 0.2) is 48.5 Å². The zero-order chi connectivity index (χ0) is 25.7. The fraction of sp³-hybridized carbons (Fsp3) is 0. The molecule has 0 unspecified atom stereocenters. The molecule has 0 amide bonds. The van der Waals surface area contributed by atoms with E-state index in [0.29, 0.717) is 86.2 Å². The van der Waals surface area contributed by atoms with Crippen molar-refractivity contribution in [1.29, 1.82) is 0 Å². The Morgan fingerprint density at radius 3 is 0.472 bits per heavy atom. The standard InChI is InChI=1S/2C12H4Cl4O2/c2*13-5-1-9-10(2-6(5)14)18-12-4-8(16)7(15)3-11(12)17-9/h2*1-4H. The van der Waals surface area contributed by atoms with Gasteiger partial charge in [-0.05, 0) is 0 Å². The minimum atomic E-state index is 0.391. The maximum absolute atomic E-state index is 5.91. The molecular formula is C24H8Cl8O4. The van der Waals surface area contributed by atoms with Gasteiger partial charge in [0.15, 0.2) is 46.0 Å². The van der Waals surface area contributed by atoms with Crippen LogP contribution >= 0.6 is 92.8 Å². The Balaban J connectivity index is 0.000000148. The molecule has 0 radical (unpaired) electrons. The first-order valence-corrected chi connectivity index (χ1v) is 12.8. The van der Waals surface area contributed by atoms with E-state index in [-0.39, 0.29) is 0 Å². The average molecular weight is 644 g/mol. The van der Waals surface area contributed by atoms with Crippen molar-refractivity contribution in [3.63, 3.8) is 0 Å². The van der Waals surface area contributed by atoms with Crippen LogP contribution in [0.25, 0.3) is 0 Å². The summed E-state index contributed by atoms with van der Waals surface area (Å²) in [5, 5.41) is 3.13. The van der Waals surface area contributed by atoms with E-state index in [1.807, 2.05) is 0 Å². The summed E-state index contributed by atoms with van der Waals surface area (Å²) in [6.45, 7) is 0. The van der Waals surface area contributed by atoms with Crippen LogP contribution in [0, 0.1) is 0 Å². The van der Waals surface area contributed by atoms with Crippen LogP contribution in [0.3, 0.4) is 0 Å². The molecule has 0 aromatic heterocycles. The quantitative estimate of drug-likeness (QED) is 0.165. The zero-order valence-electron chi connectivity index (χ0n) is 17.3. The second-order valence-corrected chi connectivity index (χ2v) is 10.5. The fourth-order valence-electron chi connectivity index (χ4n) is 3.15. The SMILES string of the molecule is Clc1cc2c(cc1Cl)Oc1cc(Cl)c(Cl)cc1O2.Clc1cc2c(cc1Cl)Oc1cc(Cl)c(Cl)cc1O2. The van der Waals surface area contributed by atoms with Crippen molar-refractivity contribution >= 4 is 92.8 Å². The lowest BCUT2D eigenvalue weighted by Gasteiger charge is -2.21. The topological polar surface area (TPSA) is 36.9 Å². The number of hydrogen-bond donors (Lipinski definition) is 0. The minimum Gasteiger partial charge on any atom is -0.449 e. The Kier molecular flexibility index (Phi) is 7.43. The summed E-state index contributed by atoms with van der Waals surface area (Å²) in [4.78, 5) is 0. The molecule has 0 atom stereocenters. The lowest BCUT2D eigenvalue weighted by molar-refractivity contribution is 0.359. The van der Waals surface area contributed by atoms with Crippen LogP contribution in [0.1, 0.15) is 0 Å². The van der Waals surface area contributed by atoms with Crippen LogP contribution < -0.4 is 18.9 Å². The number of hydrogen-bond acceptors (Lipinski definition) is 4. The summed E-state index contributed by atoms with van der Waals surface area (Å²) in [6, 6.07) is 12.7. The highest BCUT2D eigenvalue weighted by Crippen LogP contribution is 2.51. The molecule has 2 heterocycles. The normalized spacial score (nSPS) is 12.2. The highest BCUT2D eigenvalue weighted by atomic mass is 35.5. The van der Waals surface area contributed by atoms with E-state index in [0.717, 1.165) is 0 Å². The lowest BCUT2D eigenvalue weighted by Crippen LogP contribution is -1.99. The Labute approximate surface area is 244 Å². The largest absolute Gasteiger partial charge is 0.449 e. The van der Waals surface area contributed by atoms with Gasteiger partial charge in [-0.1, -0.05) is 92.8 Å². The van der Waals surface area contributed by atoms with Crippen molar-refractivity contribution in [3.05, 3.63) is 88.7 Å². The van der Waals surface area contributed by atoms with E-state index in [4.69, 9.17) is 112 Å². The molecule has 6 rings (SSSR count). The van der Waals surface area contributed by atoms with Crippen LogP contribution in [-0.4, -0.2) is 0 Å². The predicted octanol–water partition coefficient (Wildman–Crippen LogP) is 12.4. The maximum atomic E-state index is 5.91. The molecule has 0 saturated carbocycles. The Morgan fingerprint density at radius 2 is 0.361 bits per heavy atom. The van der Waals surface area contributed by atoms with E-state index in [2.05, 4.69) is 0 Å². The van der Waals surface area contributed by atoms with Crippen LogP contribution in [0.4, 0.5) is 0 Å². The molecule has 2 aliphatic rings. The van der Waals surface area contributed by atoms with Gasteiger partial charge in [-0.2, -0.15) is 0 Å². The van der Waals surface area contributed by atoms with Gasteiger partial charge in [0.1, 0.15) is 0 Å². The number of ether oxygens (including phenoxy) is 4. The van der Waals surface area contributed by atoms with Crippen molar-refractivity contribution < 1.29 is 18.9 Å². The van der Waals surface area contributed by atoms with Crippen molar-refractivity contribution in [3.8, 4) is 46.0 Å². The summed E-state index contributed by atoms with van der Waals surface area (Å²) >= 11 is 47.3. The molecule has 4 nitrogen and oxygen atoms in total. The third-order valence-corrected chi connectivity index (χ3v) is 7.71. The average Bonchev–Trinajstić information content (AvgIpc) is 2.81. The number of rotatable bonds is 0. The van der Waals surface area contributed by atoms with Crippen molar-refractivity contribution in [2.75, 3.05) is 0 Å². The van der Waals surface area contributed by atoms with E-state index in [1.165, 1.54) is 0 Å². The first kappa shape index (κ1) is 26.0. The number of halogens is 8. The summed E-state index contributed by atoms with van der Waals surface area (Å²) in [6.07, 6.45) is 0. The zero-order valence-corrected chi connectivity index (χ0v) is 23.3. The van der Waals surface area contributed by atoms with Crippen molar-refractivity contribution in [2.24, 2.45) is 0 Å². The van der Waals surface area contributed by atoms with E-state index in [1.54, 1.807) is 48.5 Å². The predicted molar refractivity (Wildman–Crippen MR) is 146 cm³/mol. The van der Waals surface area contributed by atoms with Gasteiger partial charge in [-0.3, -0.25) is 0 Å². The molecule has 2 aliphatic heterocycles. The van der Waals surface area contributed by atoms with Gasteiger partial charge in [0, 0.05) is 48.5 Å². The van der Waals surface area contributed by atoms with E-state index in [9.17, 15) is 0 Å². The lowest BCUT2D eigenvalue weighted by atomic mass is 10.2. The number of benzene rings is 4. The summed E-state index contributed by atoms with van der Waals surface area (Å²) in [5.41, 5.74) is 0. The third kappa shape index (κ3) is 5.20. The molecule has 0 bridgehead atoms. The van der Waals surface area contributed by atoms with Crippen molar-refractivity contribution in [2.45, 2.75) is 0 Å². The summed E-state index contributed by atoms with van der Waals surface area (Å²) in [7, 11) is 0. The van der Waals surface area contributed by atoms with Gasteiger partial charge in [0.05, 0.1) is 40.2 Å².